The quantitative estimate of drug-likeness (QED) is 0.626. The Morgan fingerprint density at radius 2 is 1.87 bits per heavy atom. The number of allylic oxidation sites excluding steroid dienone is 2. The van der Waals surface area contributed by atoms with E-state index >= 15 is 0 Å². The Morgan fingerprint density at radius 1 is 1.09 bits per heavy atom. The molecule has 0 heterocycles. The molecule has 0 amide bonds. The molecule has 1 nitrogen and oxygen atoms in total. The fraction of sp³-hybridized carbons (Fsp3) is 0.909. The minimum Gasteiger partial charge on any atom is -0.393 e. The second kappa shape index (κ2) is 5.35. The van der Waals surface area contributed by atoms with Crippen molar-refractivity contribution in [2.45, 2.75) is 85.2 Å². The molecule has 0 aromatic heterocycles. The highest BCUT2D eigenvalue weighted by Crippen LogP contribution is 2.66. The van der Waals surface area contributed by atoms with Crippen LogP contribution in [0.2, 0.25) is 0 Å². The van der Waals surface area contributed by atoms with Gasteiger partial charge in [0.15, 0.2) is 0 Å². The first-order valence-electron chi connectivity index (χ1n) is 10.2. The predicted octanol–water partition coefficient (Wildman–Crippen LogP) is 5.58. The summed E-state index contributed by atoms with van der Waals surface area (Å²) >= 11 is 0. The van der Waals surface area contributed by atoms with Crippen LogP contribution in [0.3, 0.4) is 0 Å². The number of hydrogen-bond donors (Lipinski definition) is 1. The van der Waals surface area contributed by atoms with Crippen LogP contribution in [0.1, 0.15) is 79.1 Å². The number of rotatable bonds is 1. The Morgan fingerprint density at radius 3 is 2.61 bits per heavy atom. The lowest BCUT2D eigenvalue weighted by Gasteiger charge is -2.58. The molecule has 0 aromatic carbocycles. The summed E-state index contributed by atoms with van der Waals surface area (Å²) in [6.07, 6.45) is 13.5. The first kappa shape index (κ1) is 16.2. The number of aliphatic hydroxyl groups is 1. The molecule has 3 saturated carbocycles. The van der Waals surface area contributed by atoms with Gasteiger partial charge in [0.1, 0.15) is 0 Å². The summed E-state index contributed by atoms with van der Waals surface area (Å²) in [6, 6.07) is 0. The number of fused-ring (bicyclic) bond motifs is 5. The molecule has 8 atom stereocenters. The first-order valence-corrected chi connectivity index (χ1v) is 10.2. The van der Waals surface area contributed by atoms with Crippen molar-refractivity contribution in [3.63, 3.8) is 0 Å². The zero-order valence-corrected chi connectivity index (χ0v) is 15.6. The number of hydrogen-bond acceptors (Lipinski definition) is 1. The summed E-state index contributed by atoms with van der Waals surface area (Å²) in [7, 11) is 0. The van der Waals surface area contributed by atoms with Gasteiger partial charge in [-0.25, -0.2) is 0 Å². The Kier molecular flexibility index (Phi) is 3.76. The Hall–Kier alpha value is -0.300. The Labute approximate surface area is 142 Å². The highest BCUT2D eigenvalue weighted by atomic mass is 16.3. The second-order valence-corrected chi connectivity index (χ2v) is 10.1. The molecule has 3 fully saturated rings. The van der Waals surface area contributed by atoms with Crippen molar-refractivity contribution >= 4 is 0 Å². The summed E-state index contributed by atoms with van der Waals surface area (Å²) in [5.41, 5.74) is 2.71. The average Bonchev–Trinajstić information content (AvgIpc) is 2.85. The van der Waals surface area contributed by atoms with Gasteiger partial charge in [-0.05, 0) is 98.7 Å². The summed E-state index contributed by atoms with van der Waals surface area (Å²) in [5.74, 6) is 4.10. The van der Waals surface area contributed by atoms with Crippen LogP contribution in [0.15, 0.2) is 11.6 Å². The second-order valence-electron chi connectivity index (χ2n) is 10.1. The van der Waals surface area contributed by atoms with Gasteiger partial charge in [0.05, 0.1) is 6.10 Å². The molecule has 0 saturated heterocycles. The normalized spacial score (nSPS) is 53.8. The lowest BCUT2D eigenvalue weighted by Crippen LogP contribution is -2.50. The van der Waals surface area contributed by atoms with Gasteiger partial charge in [-0.2, -0.15) is 0 Å². The van der Waals surface area contributed by atoms with E-state index in [0.29, 0.717) is 16.7 Å². The molecular formula is C22H36O. The molecular weight excluding hydrogens is 280 g/mol. The van der Waals surface area contributed by atoms with E-state index in [4.69, 9.17) is 0 Å². The molecule has 130 valence electrons. The van der Waals surface area contributed by atoms with Gasteiger partial charge in [0.2, 0.25) is 0 Å². The zero-order chi connectivity index (χ0) is 16.4. The smallest absolute Gasteiger partial charge is 0.0545 e. The van der Waals surface area contributed by atoms with E-state index in [2.05, 4.69) is 26.8 Å². The van der Waals surface area contributed by atoms with E-state index in [0.717, 1.165) is 23.7 Å². The molecule has 4 aliphatic carbocycles. The third kappa shape index (κ3) is 2.21. The van der Waals surface area contributed by atoms with E-state index in [9.17, 15) is 5.11 Å². The largest absolute Gasteiger partial charge is 0.393 e. The van der Waals surface area contributed by atoms with Gasteiger partial charge in [-0.15, -0.1) is 0 Å². The van der Waals surface area contributed by atoms with Crippen LogP contribution in [-0.2, 0) is 0 Å². The lowest BCUT2D eigenvalue weighted by molar-refractivity contribution is -0.0637. The topological polar surface area (TPSA) is 20.2 Å². The molecule has 0 radical (unpaired) electrons. The molecule has 4 aliphatic rings. The molecule has 0 aromatic rings. The SMILES string of the molecule is C[C@H]1CC[C@@]2(C)C(=CC[C@H]3[C@@H]4CC[C@H]([C@H](C)O)[C@@]4(C)CC[C@@H]32)C1. The van der Waals surface area contributed by atoms with E-state index in [1.54, 1.807) is 0 Å². The maximum Gasteiger partial charge on any atom is 0.0545 e. The van der Waals surface area contributed by atoms with Crippen molar-refractivity contribution in [2.75, 3.05) is 0 Å². The van der Waals surface area contributed by atoms with Gasteiger partial charge in [-0.3, -0.25) is 0 Å². The fourth-order valence-corrected chi connectivity index (χ4v) is 7.68. The van der Waals surface area contributed by atoms with Gasteiger partial charge in [-0.1, -0.05) is 32.4 Å². The molecule has 23 heavy (non-hydrogen) atoms. The van der Waals surface area contributed by atoms with Crippen LogP contribution in [0, 0.1) is 40.4 Å². The van der Waals surface area contributed by atoms with Crippen molar-refractivity contribution < 1.29 is 5.11 Å². The highest BCUT2D eigenvalue weighted by molar-refractivity contribution is 5.25. The van der Waals surface area contributed by atoms with Crippen molar-refractivity contribution in [1.82, 2.24) is 0 Å². The van der Waals surface area contributed by atoms with E-state index in [1.165, 1.54) is 51.4 Å². The summed E-state index contributed by atoms with van der Waals surface area (Å²) in [6.45, 7) is 9.59. The molecule has 0 aliphatic heterocycles. The molecule has 1 heteroatoms. The predicted molar refractivity (Wildman–Crippen MR) is 96.0 cm³/mol. The van der Waals surface area contributed by atoms with E-state index in [1.807, 2.05) is 12.5 Å². The molecule has 0 bridgehead atoms. The number of aliphatic hydroxyl groups excluding tert-OH is 1. The van der Waals surface area contributed by atoms with Crippen molar-refractivity contribution in [3.8, 4) is 0 Å². The third-order valence-electron chi connectivity index (χ3n) is 9.01. The molecule has 0 spiro atoms. The van der Waals surface area contributed by atoms with Gasteiger partial charge in [0, 0.05) is 0 Å². The standard InChI is InChI=1S/C22H36O/c1-14-9-11-21(3)16(13-14)5-6-17-19-8-7-18(15(2)23)22(19,4)12-10-20(17)21/h5,14-15,17-20,23H,6-13H2,1-4H3/t14-,15-,17-,18+,19-,20-,21-,22+/m0/s1. The van der Waals surface area contributed by atoms with Crippen molar-refractivity contribution in [3.05, 3.63) is 11.6 Å². The van der Waals surface area contributed by atoms with Crippen molar-refractivity contribution in [2.24, 2.45) is 40.4 Å². The average molecular weight is 317 g/mol. The summed E-state index contributed by atoms with van der Waals surface area (Å²) < 4.78 is 0. The minimum atomic E-state index is -0.123. The molecule has 1 N–H and O–H groups in total. The zero-order valence-electron chi connectivity index (χ0n) is 15.6. The third-order valence-corrected chi connectivity index (χ3v) is 9.01. The van der Waals surface area contributed by atoms with Gasteiger partial charge in [0.25, 0.3) is 0 Å². The molecule has 0 unspecified atom stereocenters. The van der Waals surface area contributed by atoms with Crippen LogP contribution >= 0.6 is 0 Å². The highest BCUT2D eigenvalue weighted by Gasteiger charge is 2.58. The van der Waals surface area contributed by atoms with E-state index < -0.39 is 0 Å². The summed E-state index contributed by atoms with van der Waals surface area (Å²) in [4.78, 5) is 0. The van der Waals surface area contributed by atoms with Crippen LogP contribution in [0.4, 0.5) is 0 Å². The van der Waals surface area contributed by atoms with Gasteiger partial charge < -0.3 is 5.11 Å². The van der Waals surface area contributed by atoms with Crippen LogP contribution in [0.25, 0.3) is 0 Å². The Bertz CT molecular complexity index is 506. The first-order chi connectivity index (χ1) is 10.9. The van der Waals surface area contributed by atoms with Gasteiger partial charge >= 0.3 is 0 Å². The Balaban J connectivity index is 1.65. The van der Waals surface area contributed by atoms with Crippen LogP contribution in [-0.4, -0.2) is 11.2 Å². The maximum absolute atomic E-state index is 10.3. The van der Waals surface area contributed by atoms with Crippen LogP contribution < -0.4 is 0 Å². The maximum atomic E-state index is 10.3. The van der Waals surface area contributed by atoms with Crippen molar-refractivity contribution in [1.29, 1.82) is 0 Å². The van der Waals surface area contributed by atoms with Crippen LogP contribution in [0.5, 0.6) is 0 Å². The molecule has 4 rings (SSSR count). The lowest BCUT2D eigenvalue weighted by atomic mass is 9.47. The monoisotopic (exact) mass is 316 g/mol. The van der Waals surface area contributed by atoms with E-state index in [-0.39, 0.29) is 6.10 Å². The fourth-order valence-electron chi connectivity index (χ4n) is 7.68. The summed E-state index contributed by atoms with van der Waals surface area (Å²) in [5, 5.41) is 10.3. The minimum absolute atomic E-state index is 0.123.